The molecule has 0 spiro atoms. The fourth-order valence-electron chi connectivity index (χ4n) is 4.12. The molecule has 4 rings (SSSR count). The number of benzene rings is 1. The molecule has 1 saturated heterocycles. The van der Waals surface area contributed by atoms with Crippen LogP contribution in [-0.4, -0.2) is 63.3 Å². The molecule has 0 radical (unpaired) electrons. The van der Waals surface area contributed by atoms with Crippen LogP contribution in [0.15, 0.2) is 55.0 Å². The Labute approximate surface area is 194 Å². The third-order valence-corrected chi connectivity index (χ3v) is 5.85. The molecule has 0 unspecified atom stereocenters. The lowest BCUT2D eigenvalue weighted by Crippen LogP contribution is -2.37. The zero-order valence-corrected chi connectivity index (χ0v) is 19.5. The van der Waals surface area contributed by atoms with Crippen molar-refractivity contribution in [3.8, 4) is 5.75 Å². The number of rotatable bonds is 8. The minimum atomic E-state index is -0.119. The van der Waals surface area contributed by atoms with Gasteiger partial charge < -0.3 is 14.4 Å². The van der Waals surface area contributed by atoms with Crippen molar-refractivity contribution in [2.45, 2.75) is 32.7 Å². The van der Waals surface area contributed by atoms with E-state index in [1.165, 1.54) is 0 Å². The molecular formula is C25H31N5O3. The number of amides is 1. The molecule has 1 amide bonds. The van der Waals surface area contributed by atoms with Crippen molar-refractivity contribution in [1.82, 2.24) is 24.6 Å². The van der Waals surface area contributed by atoms with Crippen LogP contribution in [0.3, 0.4) is 0 Å². The van der Waals surface area contributed by atoms with Gasteiger partial charge in [-0.1, -0.05) is 18.2 Å². The molecule has 174 valence electrons. The highest BCUT2D eigenvalue weighted by Gasteiger charge is 2.29. The Hall–Kier alpha value is -3.23. The van der Waals surface area contributed by atoms with Crippen LogP contribution in [-0.2, 0) is 36.3 Å². The van der Waals surface area contributed by atoms with Gasteiger partial charge in [-0.3, -0.25) is 19.4 Å². The van der Waals surface area contributed by atoms with Gasteiger partial charge in [0.25, 0.3) is 0 Å². The average molecular weight is 450 g/mol. The molecule has 3 heterocycles. The van der Waals surface area contributed by atoms with Crippen molar-refractivity contribution >= 4 is 5.91 Å². The third kappa shape index (κ3) is 6.18. The predicted molar refractivity (Wildman–Crippen MR) is 124 cm³/mol. The predicted octanol–water partition coefficient (Wildman–Crippen LogP) is 2.56. The Morgan fingerprint density at radius 1 is 1.09 bits per heavy atom. The highest BCUT2D eigenvalue weighted by atomic mass is 16.5. The Morgan fingerprint density at radius 3 is 2.58 bits per heavy atom. The SMILES string of the molecule is COc1ccc(CN2C[C@H](OCc3cccnc3)CN(Cc3cn(C)nc3C)CC2=O)cc1. The maximum absolute atomic E-state index is 13.2. The molecule has 1 fully saturated rings. The van der Waals surface area contributed by atoms with Crippen molar-refractivity contribution < 1.29 is 14.3 Å². The number of ether oxygens (including phenoxy) is 2. The number of hydrogen-bond acceptors (Lipinski definition) is 6. The summed E-state index contributed by atoms with van der Waals surface area (Å²) in [6.45, 7) is 5.21. The fraction of sp³-hybridized carbons (Fsp3) is 0.400. The maximum Gasteiger partial charge on any atom is 0.237 e. The van der Waals surface area contributed by atoms with Crippen LogP contribution in [0.25, 0.3) is 0 Å². The molecule has 1 aliphatic heterocycles. The van der Waals surface area contributed by atoms with Gasteiger partial charge in [0.15, 0.2) is 0 Å². The number of aromatic nitrogens is 3. The van der Waals surface area contributed by atoms with Crippen LogP contribution >= 0.6 is 0 Å². The lowest BCUT2D eigenvalue weighted by atomic mass is 10.2. The number of pyridine rings is 1. The molecule has 2 aromatic heterocycles. The molecule has 3 aromatic rings. The summed E-state index contributed by atoms with van der Waals surface area (Å²) in [5.74, 6) is 0.900. The van der Waals surface area contributed by atoms with E-state index in [9.17, 15) is 4.79 Å². The van der Waals surface area contributed by atoms with Crippen LogP contribution in [0, 0.1) is 6.92 Å². The molecule has 0 bridgehead atoms. The Balaban J connectivity index is 1.49. The van der Waals surface area contributed by atoms with Gasteiger partial charge in [0.2, 0.25) is 5.91 Å². The monoisotopic (exact) mass is 449 g/mol. The fourth-order valence-corrected chi connectivity index (χ4v) is 4.12. The second kappa shape index (κ2) is 10.6. The van der Waals surface area contributed by atoms with Gasteiger partial charge >= 0.3 is 0 Å². The molecule has 0 aliphatic carbocycles. The van der Waals surface area contributed by atoms with E-state index in [0.717, 1.165) is 28.1 Å². The van der Waals surface area contributed by atoms with Crippen molar-refractivity contribution in [2.75, 3.05) is 26.7 Å². The summed E-state index contributed by atoms with van der Waals surface area (Å²) in [6, 6.07) is 11.7. The molecule has 1 atom stereocenters. The zero-order valence-electron chi connectivity index (χ0n) is 19.5. The second-order valence-corrected chi connectivity index (χ2v) is 8.50. The first kappa shape index (κ1) is 22.9. The van der Waals surface area contributed by atoms with Crippen molar-refractivity contribution in [3.63, 3.8) is 0 Å². The first-order valence-corrected chi connectivity index (χ1v) is 11.1. The largest absolute Gasteiger partial charge is 0.497 e. The van der Waals surface area contributed by atoms with Crippen molar-refractivity contribution in [3.05, 3.63) is 77.4 Å². The zero-order chi connectivity index (χ0) is 23.2. The molecule has 1 aromatic carbocycles. The van der Waals surface area contributed by atoms with E-state index >= 15 is 0 Å². The number of carbonyl (C=O) groups is 1. The highest BCUT2D eigenvalue weighted by Crippen LogP contribution is 2.18. The molecular weight excluding hydrogens is 418 g/mol. The summed E-state index contributed by atoms with van der Waals surface area (Å²) in [7, 11) is 3.57. The van der Waals surface area contributed by atoms with Gasteiger partial charge in [-0.2, -0.15) is 5.10 Å². The van der Waals surface area contributed by atoms with E-state index in [0.29, 0.717) is 39.3 Å². The summed E-state index contributed by atoms with van der Waals surface area (Å²) in [4.78, 5) is 21.5. The van der Waals surface area contributed by atoms with Gasteiger partial charge in [-0.25, -0.2) is 0 Å². The third-order valence-electron chi connectivity index (χ3n) is 5.85. The summed E-state index contributed by atoms with van der Waals surface area (Å²) >= 11 is 0. The summed E-state index contributed by atoms with van der Waals surface area (Å²) in [5.41, 5.74) is 4.19. The Kier molecular flexibility index (Phi) is 7.36. The number of nitrogens with zero attached hydrogens (tertiary/aromatic N) is 5. The minimum Gasteiger partial charge on any atom is -0.497 e. The molecule has 8 nitrogen and oxygen atoms in total. The summed E-state index contributed by atoms with van der Waals surface area (Å²) < 4.78 is 13.4. The van der Waals surface area contributed by atoms with E-state index in [4.69, 9.17) is 9.47 Å². The van der Waals surface area contributed by atoms with Crippen molar-refractivity contribution in [1.29, 1.82) is 0 Å². The Morgan fingerprint density at radius 2 is 1.91 bits per heavy atom. The summed E-state index contributed by atoms with van der Waals surface area (Å²) in [5, 5.41) is 4.45. The van der Waals surface area contributed by atoms with Gasteiger partial charge in [-0.15, -0.1) is 0 Å². The number of hydrogen-bond donors (Lipinski definition) is 0. The van der Waals surface area contributed by atoms with Gasteiger partial charge in [0.05, 0.1) is 32.1 Å². The lowest BCUT2D eigenvalue weighted by molar-refractivity contribution is -0.132. The van der Waals surface area contributed by atoms with Crippen LogP contribution in [0.4, 0.5) is 0 Å². The summed E-state index contributed by atoms with van der Waals surface area (Å²) in [6.07, 6.45) is 5.47. The smallest absolute Gasteiger partial charge is 0.237 e. The molecule has 0 N–H and O–H groups in total. The first-order chi connectivity index (χ1) is 16.0. The van der Waals surface area contributed by atoms with Crippen LogP contribution in [0.1, 0.15) is 22.4 Å². The van der Waals surface area contributed by atoms with Crippen molar-refractivity contribution in [2.24, 2.45) is 7.05 Å². The van der Waals surface area contributed by atoms with Gasteiger partial charge in [0.1, 0.15) is 5.75 Å². The second-order valence-electron chi connectivity index (χ2n) is 8.50. The standard InChI is InChI=1S/C25H31N5O3/c1-19-22(13-28(2)27-19)14-29-15-24(33-18-21-5-4-10-26-11-21)16-30(25(31)17-29)12-20-6-8-23(32-3)9-7-20/h4-11,13,24H,12,14-18H2,1-3H3/t24-/m1/s1. The van der Waals surface area contributed by atoms with E-state index in [1.54, 1.807) is 13.3 Å². The quantitative estimate of drug-likeness (QED) is 0.526. The van der Waals surface area contributed by atoms with Crippen LogP contribution in [0.5, 0.6) is 5.75 Å². The normalized spacial score (nSPS) is 17.2. The molecule has 8 heteroatoms. The first-order valence-electron chi connectivity index (χ1n) is 11.1. The van der Waals surface area contributed by atoms with E-state index in [2.05, 4.69) is 15.0 Å². The highest BCUT2D eigenvalue weighted by molar-refractivity contribution is 5.78. The van der Waals surface area contributed by atoms with E-state index in [1.807, 2.05) is 72.3 Å². The molecule has 33 heavy (non-hydrogen) atoms. The minimum absolute atomic E-state index is 0.0971. The number of aryl methyl sites for hydroxylation is 2. The average Bonchev–Trinajstić information content (AvgIpc) is 3.05. The van der Waals surface area contributed by atoms with Gasteiger partial charge in [0, 0.05) is 57.4 Å². The topological polar surface area (TPSA) is 72.7 Å². The number of carbonyl (C=O) groups excluding carboxylic acids is 1. The number of methoxy groups -OCH3 is 1. The van der Waals surface area contributed by atoms with Crippen LogP contribution in [0.2, 0.25) is 0 Å². The molecule has 1 aliphatic rings. The maximum atomic E-state index is 13.2. The van der Waals surface area contributed by atoms with Gasteiger partial charge in [-0.05, 0) is 36.2 Å². The van der Waals surface area contributed by atoms with Crippen LogP contribution < -0.4 is 4.74 Å². The Bertz CT molecular complexity index is 1050. The molecule has 0 saturated carbocycles. The van der Waals surface area contributed by atoms with E-state index in [-0.39, 0.29) is 12.0 Å². The lowest BCUT2D eigenvalue weighted by Gasteiger charge is -2.25. The van der Waals surface area contributed by atoms with E-state index < -0.39 is 0 Å².